The Morgan fingerprint density at radius 3 is 2.17 bits per heavy atom. The number of aromatic nitrogens is 1. The highest BCUT2D eigenvalue weighted by atomic mass is 32.2. The molecule has 0 radical (unpaired) electrons. The first-order chi connectivity index (χ1) is 18.8. The van der Waals surface area contributed by atoms with Gasteiger partial charge in [-0.15, -0.1) is 0 Å². The van der Waals surface area contributed by atoms with E-state index in [-0.39, 0.29) is 22.7 Å². The number of ketones is 1. The van der Waals surface area contributed by atoms with Crippen LogP contribution in [0.2, 0.25) is 0 Å². The van der Waals surface area contributed by atoms with Crippen LogP contribution < -0.4 is 20.1 Å². The molecule has 4 aromatic rings. The molecule has 0 aliphatic carbocycles. The first-order valence-electron chi connectivity index (χ1n) is 12.5. The van der Waals surface area contributed by atoms with Crippen molar-refractivity contribution < 1.29 is 22.7 Å². The SMILES string of the molecule is CNc1ccc(-c2ccc(C(=O)C(=O)Nc3cc(C(C)(C)C)cc(NS(C)(=O)=O)c3OC)c3ccccc23)cn1. The number of nitrogens with zero attached hydrogens (tertiary/aromatic N) is 1. The van der Waals surface area contributed by atoms with E-state index in [0.29, 0.717) is 5.39 Å². The number of carbonyl (C=O) groups is 2. The van der Waals surface area contributed by atoms with Gasteiger partial charge in [0.05, 0.1) is 24.7 Å². The molecule has 0 unspecified atom stereocenters. The standard InChI is InChI=1S/C30H32N4O5S/c1-30(2,3)19-15-24(28(39-5)25(16-19)34-40(6,37)38)33-29(36)27(35)23-13-12-20(21-9-7-8-10-22(21)23)18-11-14-26(31-4)32-17-18/h7-17,34H,1-6H3,(H,31,32)(H,33,36). The molecule has 1 heterocycles. The van der Waals surface area contributed by atoms with Crippen molar-refractivity contribution in [3.8, 4) is 16.9 Å². The van der Waals surface area contributed by atoms with Gasteiger partial charge in [-0.1, -0.05) is 51.1 Å². The van der Waals surface area contributed by atoms with Gasteiger partial charge in [-0.2, -0.15) is 0 Å². The summed E-state index contributed by atoms with van der Waals surface area (Å²) in [6, 6.07) is 17.9. The lowest BCUT2D eigenvalue weighted by molar-refractivity contribution is -0.112. The minimum absolute atomic E-state index is 0.0947. The van der Waals surface area contributed by atoms with Gasteiger partial charge in [0.1, 0.15) is 5.82 Å². The number of hydrogen-bond acceptors (Lipinski definition) is 7. The van der Waals surface area contributed by atoms with E-state index in [1.165, 1.54) is 7.11 Å². The number of ether oxygens (including phenoxy) is 1. The molecular weight excluding hydrogens is 528 g/mol. The van der Waals surface area contributed by atoms with Crippen molar-refractivity contribution in [3.05, 3.63) is 78.0 Å². The zero-order valence-corrected chi connectivity index (χ0v) is 24.1. The van der Waals surface area contributed by atoms with Gasteiger partial charge < -0.3 is 15.4 Å². The second-order valence-electron chi connectivity index (χ2n) is 10.4. The minimum Gasteiger partial charge on any atom is -0.492 e. The predicted molar refractivity (Wildman–Crippen MR) is 160 cm³/mol. The number of amides is 1. The van der Waals surface area contributed by atoms with Crippen LogP contribution in [0.1, 0.15) is 36.7 Å². The van der Waals surface area contributed by atoms with Gasteiger partial charge in [0.25, 0.3) is 11.7 Å². The predicted octanol–water partition coefficient (Wildman–Crippen LogP) is 5.44. The summed E-state index contributed by atoms with van der Waals surface area (Å²) < 4.78 is 32.0. The molecule has 0 bridgehead atoms. The summed E-state index contributed by atoms with van der Waals surface area (Å²) in [5.41, 5.74) is 2.65. The molecule has 0 atom stereocenters. The van der Waals surface area contributed by atoms with Crippen molar-refractivity contribution in [3.63, 3.8) is 0 Å². The quantitative estimate of drug-likeness (QED) is 0.193. The molecule has 3 aromatic carbocycles. The van der Waals surface area contributed by atoms with E-state index in [2.05, 4.69) is 20.3 Å². The summed E-state index contributed by atoms with van der Waals surface area (Å²) in [5, 5.41) is 7.06. The monoisotopic (exact) mass is 560 g/mol. The lowest BCUT2D eigenvalue weighted by Crippen LogP contribution is -2.24. The molecule has 0 saturated heterocycles. The van der Waals surface area contributed by atoms with E-state index in [9.17, 15) is 18.0 Å². The number of methoxy groups -OCH3 is 1. The van der Waals surface area contributed by atoms with E-state index in [1.807, 2.05) is 51.1 Å². The first kappa shape index (κ1) is 28.6. The Morgan fingerprint density at radius 2 is 1.60 bits per heavy atom. The fraction of sp³-hybridized carbons (Fsp3) is 0.233. The number of benzene rings is 3. The van der Waals surface area contributed by atoms with Crippen LogP contribution >= 0.6 is 0 Å². The van der Waals surface area contributed by atoms with Crippen LogP contribution in [-0.2, 0) is 20.2 Å². The van der Waals surface area contributed by atoms with Gasteiger partial charge in [0.2, 0.25) is 10.0 Å². The summed E-state index contributed by atoms with van der Waals surface area (Å²) in [5.74, 6) is -0.797. The topological polar surface area (TPSA) is 126 Å². The van der Waals surface area contributed by atoms with Gasteiger partial charge >= 0.3 is 0 Å². The Labute approximate surface area is 234 Å². The third-order valence-corrected chi connectivity index (χ3v) is 7.00. The second-order valence-corrected chi connectivity index (χ2v) is 12.1. The van der Waals surface area contributed by atoms with Crippen LogP contribution in [0.5, 0.6) is 5.75 Å². The Balaban J connectivity index is 1.75. The fourth-order valence-corrected chi connectivity index (χ4v) is 4.95. The number of nitrogens with one attached hydrogen (secondary N) is 3. The molecule has 1 amide bonds. The zero-order valence-electron chi connectivity index (χ0n) is 23.2. The van der Waals surface area contributed by atoms with Gasteiger partial charge in [0.15, 0.2) is 5.75 Å². The fourth-order valence-electron chi connectivity index (χ4n) is 4.40. The molecule has 40 heavy (non-hydrogen) atoms. The Hall–Kier alpha value is -4.44. The number of hydrogen-bond donors (Lipinski definition) is 3. The number of Topliss-reactive ketones (excluding diaryl/α,β-unsaturated/α-hetero) is 1. The van der Waals surface area contributed by atoms with Crippen molar-refractivity contribution in [2.24, 2.45) is 0 Å². The summed E-state index contributed by atoms with van der Waals surface area (Å²) in [4.78, 5) is 31.2. The summed E-state index contributed by atoms with van der Waals surface area (Å²) in [6.07, 6.45) is 2.77. The minimum atomic E-state index is -3.65. The normalized spacial score (nSPS) is 11.7. The molecule has 4 rings (SSSR count). The molecule has 3 N–H and O–H groups in total. The van der Waals surface area contributed by atoms with Crippen LogP contribution in [0.4, 0.5) is 17.2 Å². The van der Waals surface area contributed by atoms with Gasteiger partial charge in [-0.3, -0.25) is 14.3 Å². The highest BCUT2D eigenvalue weighted by molar-refractivity contribution is 7.92. The average Bonchev–Trinajstić information content (AvgIpc) is 2.90. The Morgan fingerprint density at radius 1 is 0.925 bits per heavy atom. The number of anilines is 3. The molecule has 0 saturated carbocycles. The molecule has 10 heteroatoms. The van der Waals surface area contributed by atoms with E-state index in [4.69, 9.17) is 4.74 Å². The zero-order chi connectivity index (χ0) is 29.2. The smallest absolute Gasteiger partial charge is 0.296 e. The average molecular weight is 561 g/mol. The molecule has 0 fully saturated rings. The lowest BCUT2D eigenvalue weighted by atomic mass is 9.86. The number of rotatable bonds is 8. The third kappa shape index (κ3) is 6.07. The van der Waals surface area contributed by atoms with Gasteiger partial charge in [-0.25, -0.2) is 13.4 Å². The van der Waals surface area contributed by atoms with E-state index >= 15 is 0 Å². The Bertz CT molecular complexity index is 1710. The molecular formula is C30H32N4O5S. The largest absolute Gasteiger partial charge is 0.492 e. The maximum Gasteiger partial charge on any atom is 0.296 e. The molecule has 0 aliphatic heterocycles. The van der Waals surface area contributed by atoms with Crippen molar-refractivity contribution in [2.45, 2.75) is 26.2 Å². The molecule has 208 valence electrons. The summed E-state index contributed by atoms with van der Waals surface area (Å²) >= 11 is 0. The highest BCUT2D eigenvalue weighted by Crippen LogP contribution is 2.39. The molecule has 9 nitrogen and oxygen atoms in total. The van der Waals surface area contributed by atoms with Gasteiger partial charge in [-0.05, 0) is 57.6 Å². The van der Waals surface area contributed by atoms with E-state index < -0.39 is 27.1 Å². The van der Waals surface area contributed by atoms with Gasteiger partial charge in [0, 0.05) is 24.4 Å². The van der Waals surface area contributed by atoms with Crippen LogP contribution in [0.3, 0.4) is 0 Å². The second kappa shape index (κ2) is 11.0. The van der Waals surface area contributed by atoms with Crippen molar-refractivity contribution >= 4 is 49.7 Å². The molecule has 0 spiro atoms. The molecule has 1 aromatic heterocycles. The van der Waals surface area contributed by atoms with Crippen molar-refractivity contribution in [1.82, 2.24) is 4.98 Å². The van der Waals surface area contributed by atoms with Crippen molar-refractivity contribution in [1.29, 1.82) is 0 Å². The maximum absolute atomic E-state index is 13.5. The van der Waals surface area contributed by atoms with E-state index in [1.54, 1.807) is 43.6 Å². The lowest BCUT2D eigenvalue weighted by Gasteiger charge is -2.23. The third-order valence-electron chi connectivity index (χ3n) is 6.41. The maximum atomic E-state index is 13.5. The number of sulfonamides is 1. The Kier molecular flexibility index (Phi) is 7.84. The number of carbonyl (C=O) groups excluding carboxylic acids is 2. The van der Waals surface area contributed by atoms with Crippen molar-refractivity contribution in [2.75, 3.05) is 35.8 Å². The van der Waals surface area contributed by atoms with Crippen LogP contribution in [0.25, 0.3) is 21.9 Å². The van der Waals surface area contributed by atoms with Crippen LogP contribution in [0.15, 0.2) is 66.9 Å². The highest BCUT2D eigenvalue weighted by Gasteiger charge is 2.25. The first-order valence-corrected chi connectivity index (χ1v) is 14.4. The van der Waals surface area contributed by atoms with Crippen LogP contribution in [0, 0.1) is 0 Å². The molecule has 0 aliphatic rings. The summed E-state index contributed by atoms with van der Waals surface area (Å²) in [6.45, 7) is 5.85. The number of pyridine rings is 1. The van der Waals surface area contributed by atoms with Crippen LogP contribution in [-0.4, -0.2) is 45.5 Å². The number of fused-ring (bicyclic) bond motifs is 1. The van der Waals surface area contributed by atoms with E-state index in [0.717, 1.165) is 34.2 Å². The summed E-state index contributed by atoms with van der Waals surface area (Å²) in [7, 11) is -0.495.